The van der Waals surface area contributed by atoms with Gasteiger partial charge in [-0.2, -0.15) is 0 Å². The third kappa shape index (κ3) is 3.33. The Morgan fingerprint density at radius 1 is 1.14 bits per heavy atom. The quantitative estimate of drug-likeness (QED) is 0.617. The molecular weight excluding hydrogens is 170 g/mol. The maximum absolute atomic E-state index is 4.49. The molecule has 0 radical (unpaired) electrons. The lowest BCUT2D eigenvalue weighted by molar-refractivity contribution is 0.921. The van der Waals surface area contributed by atoms with Gasteiger partial charge in [-0.05, 0) is 24.5 Å². The van der Waals surface area contributed by atoms with Crippen molar-refractivity contribution in [2.24, 2.45) is 4.99 Å². The average molecular weight is 189 g/mol. The summed E-state index contributed by atoms with van der Waals surface area (Å²) in [6.07, 6.45) is 6.56. The fourth-order valence-corrected chi connectivity index (χ4v) is 1.41. The van der Waals surface area contributed by atoms with E-state index in [0.717, 1.165) is 18.5 Å². The first kappa shape index (κ1) is 11.0. The van der Waals surface area contributed by atoms with Crippen molar-refractivity contribution >= 4 is 11.9 Å². The lowest BCUT2D eigenvalue weighted by Crippen LogP contribution is -1.83. The molecule has 14 heavy (non-hydrogen) atoms. The maximum Gasteiger partial charge on any atom is 0.0657 e. The summed E-state index contributed by atoms with van der Waals surface area (Å²) in [5.74, 6) is 0. The number of aryl methyl sites for hydroxylation is 1. The molecule has 1 aromatic carbocycles. The standard InChI is InChI=1S/C13H19N/c1-3-5-11-14-13-10-7-6-9-12(13)8-4-2/h6-7,9-11H,3-5,8H2,1-2H3. The molecule has 0 fully saturated rings. The Morgan fingerprint density at radius 2 is 1.93 bits per heavy atom. The minimum Gasteiger partial charge on any atom is -0.261 e. The van der Waals surface area contributed by atoms with Crippen LogP contribution in [-0.4, -0.2) is 6.21 Å². The molecule has 1 aromatic rings. The van der Waals surface area contributed by atoms with Crippen LogP contribution in [-0.2, 0) is 6.42 Å². The topological polar surface area (TPSA) is 12.4 Å². The number of aliphatic imine (C=N–C) groups is 1. The predicted molar refractivity (Wildman–Crippen MR) is 63.5 cm³/mol. The van der Waals surface area contributed by atoms with Gasteiger partial charge in [-0.3, -0.25) is 4.99 Å². The molecule has 0 aromatic heterocycles. The first-order valence-corrected chi connectivity index (χ1v) is 5.49. The zero-order valence-electron chi connectivity index (χ0n) is 9.16. The van der Waals surface area contributed by atoms with Gasteiger partial charge in [-0.15, -0.1) is 0 Å². The van der Waals surface area contributed by atoms with Crippen LogP contribution in [0, 0.1) is 0 Å². The Morgan fingerprint density at radius 3 is 2.64 bits per heavy atom. The molecule has 0 saturated carbocycles. The fourth-order valence-electron chi connectivity index (χ4n) is 1.41. The summed E-state index contributed by atoms with van der Waals surface area (Å²) in [7, 11) is 0. The lowest BCUT2D eigenvalue weighted by Gasteiger charge is -2.02. The lowest BCUT2D eigenvalue weighted by atomic mass is 10.1. The molecule has 0 amide bonds. The highest BCUT2D eigenvalue weighted by Gasteiger charge is 1.96. The van der Waals surface area contributed by atoms with E-state index in [4.69, 9.17) is 0 Å². The van der Waals surface area contributed by atoms with Crippen molar-refractivity contribution in [3.8, 4) is 0 Å². The van der Waals surface area contributed by atoms with Crippen molar-refractivity contribution in [1.29, 1.82) is 0 Å². The Labute approximate surface area is 86.9 Å². The van der Waals surface area contributed by atoms with Crippen LogP contribution < -0.4 is 0 Å². The number of benzene rings is 1. The summed E-state index contributed by atoms with van der Waals surface area (Å²) >= 11 is 0. The van der Waals surface area contributed by atoms with Crippen molar-refractivity contribution in [3.05, 3.63) is 29.8 Å². The number of unbranched alkanes of at least 4 members (excludes halogenated alkanes) is 1. The SMILES string of the molecule is CCCC=Nc1ccccc1CCC. The van der Waals surface area contributed by atoms with Crippen LogP contribution in [0.2, 0.25) is 0 Å². The Kier molecular flexibility index (Phi) is 4.98. The predicted octanol–water partition coefficient (Wildman–Crippen LogP) is 4.14. The van der Waals surface area contributed by atoms with Gasteiger partial charge in [-0.1, -0.05) is 44.9 Å². The van der Waals surface area contributed by atoms with Gasteiger partial charge in [0.25, 0.3) is 0 Å². The summed E-state index contributed by atoms with van der Waals surface area (Å²) < 4.78 is 0. The normalized spacial score (nSPS) is 11.0. The van der Waals surface area contributed by atoms with Crippen LogP contribution in [0.3, 0.4) is 0 Å². The number of hydrogen-bond donors (Lipinski definition) is 0. The molecule has 0 saturated heterocycles. The van der Waals surface area contributed by atoms with E-state index >= 15 is 0 Å². The minimum absolute atomic E-state index is 1.07. The van der Waals surface area contributed by atoms with Gasteiger partial charge in [0.2, 0.25) is 0 Å². The molecule has 0 aliphatic heterocycles. The van der Waals surface area contributed by atoms with Crippen molar-refractivity contribution < 1.29 is 0 Å². The Hall–Kier alpha value is -1.11. The van der Waals surface area contributed by atoms with E-state index in [1.54, 1.807) is 0 Å². The number of rotatable bonds is 5. The zero-order chi connectivity index (χ0) is 10.2. The molecule has 0 N–H and O–H groups in total. The smallest absolute Gasteiger partial charge is 0.0657 e. The molecule has 0 aliphatic carbocycles. The molecule has 0 bridgehead atoms. The number of nitrogens with zero attached hydrogens (tertiary/aromatic N) is 1. The minimum atomic E-state index is 1.07. The molecular formula is C13H19N. The van der Waals surface area contributed by atoms with Gasteiger partial charge in [0.15, 0.2) is 0 Å². The monoisotopic (exact) mass is 189 g/mol. The second-order valence-corrected chi connectivity index (χ2v) is 3.48. The van der Waals surface area contributed by atoms with E-state index in [9.17, 15) is 0 Å². The average Bonchev–Trinajstić information content (AvgIpc) is 2.21. The molecule has 0 aliphatic rings. The maximum atomic E-state index is 4.49. The highest BCUT2D eigenvalue weighted by molar-refractivity contribution is 5.64. The molecule has 1 heteroatoms. The second-order valence-electron chi connectivity index (χ2n) is 3.48. The van der Waals surface area contributed by atoms with Crippen LogP contribution >= 0.6 is 0 Å². The van der Waals surface area contributed by atoms with E-state index in [0.29, 0.717) is 0 Å². The molecule has 0 spiro atoms. The van der Waals surface area contributed by atoms with Gasteiger partial charge >= 0.3 is 0 Å². The van der Waals surface area contributed by atoms with Gasteiger partial charge in [0, 0.05) is 6.21 Å². The van der Waals surface area contributed by atoms with E-state index in [2.05, 4.69) is 43.1 Å². The molecule has 1 nitrogen and oxygen atoms in total. The highest BCUT2D eigenvalue weighted by atomic mass is 14.7. The Balaban J connectivity index is 2.73. The largest absolute Gasteiger partial charge is 0.261 e. The van der Waals surface area contributed by atoms with Crippen LogP contribution in [0.25, 0.3) is 0 Å². The van der Waals surface area contributed by atoms with Crippen LogP contribution in [0.5, 0.6) is 0 Å². The van der Waals surface area contributed by atoms with E-state index in [1.807, 2.05) is 6.21 Å². The molecule has 0 heterocycles. The summed E-state index contributed by atoms with van der Waals surface area (Å²) in [5, 5.41) is 0. The van der Waals surface area contributed by atoms with Gasteiger partial charge in [0.05, 0.1) is 5.69 Å². The molecule has 0 atom stereocenters. The van der Waals surface area contributed by atoms with Crippen LogP contribution in [0.1, 0.15) is 38.7 Å². The van der Waals surface area contributed by atoms with Crippen molar-refractivity contribution in [1.82, 2.24) is 0 Å². The van der Waals surface area contributed by atoms with E-state index in [-0.39, 0.29) is 0 Å². The third-order valence-electron chi connectivity index (χ3n) is 2.16. The number of para-hydroxylation sites is 1. The zero-order valence-corrected chi connectivity index (χ0v) is 9.16. The van der Waals surface area contributed by atoms with Gasteiger partial charge in [0.1, 0.15) is 0 Å². The summed E-state index contributed by atoms with van der Waals surface area (Å²) in [5.41, 5.74) is 2.50. The summed E-state index contributed by atoms with van der Waals surface area (Å²) in [6.45, 7) is 4.37. The third-order valence-corrected chi connectivity index (χ3v) is 2.16. The van der Waals surface area contributed by atoms with Gasteiger partial charge in [-0.25, -0.2) is 0 Å². The Bertz CT molecular complexity index is 289. The van der Waals surface area contributed by atoms with Crippen LogP contribution in [0.15, 0.2) is 29.3 Å². The fraction of sp³-hybridized carbons (Fsp3) is 0.462. The number of hydrogen-bond acceptors (Lipinski definition) is 1. The summed E-state index contributed by atoms with van der Waals surface area (Å²) in [4.78, 5) is 4.49. The van der Waals surface area contributed by atoms with Crippen molar-refractivity contribution in [2.75, 3.05) is 0 Å². The highest BCUT2D eigenvalue weighted by Crippen LogP contribution is 2.19. The van der Waals surface area contributed by atoms with Crippen LogP contribution in [0.4, 0.5) is 5.69 Å². The first-order chi connectivity index (χ1) is 6.88. The first-order valence-electron chi connectivity index (χ1n) is 5.49. The van der Waals surface area contributed by atoms with Crippen molar-refractivity contribution in [3.63, 3.8) is 0 Å². The molecule has 0 unspecified atom stereocenters. The second kappa shape index (κ2) is 6.36. The van der Waals surface area contributed by atoms with E-state index in [1.165, 1.54) is 18.4 Å². The van der Waals surface area contributed by atoms with Crippen molar-refractivity contribution in [2.45, 2.75) is 39.5 Å². The summed E-state index contributed by atoms with van der Waals surface area (Å²) in [6, 6.07) is 8.40. The van der Waals surface area contributed by atoms with Gasteiger partial charge < -0.3 is 0 Å². The van der Waals surface area contributed by atoms with E-state index < -0.39 is 0 Å². The molecule has 76 valence electrons. The molecule has 1 rings (SSSR count).